The van der Waals surface area contributed by atoms with E-state index in [1.54, 1.807) is 0 Å². The highest BCUT2D eigenvalue weighted by Crippen LogP contribution is 2.23. The Balaban J connectivity index is 2.80. The van der Waals surface area contributed by atoms with Crippen LogP contribution >= 0.6 is 34.2 Å². The summed E-state index contributed by atoms with van der Waals surface area (Å²) in [4.78, 5) is 8.72. The summed E-state index contributed by atoms with van der Waals surface area (Å²) in [6.07, 6.45) is 1.96. The minimum atomic E-state index is 0.312. The average Bonchev–Trinajstić information content (AvgIpc) is 2.09. The Morgan fingerprint density at radius 3 is 2.33 bits per heavy atom. The van der Waals surface area contributed by atoms with E-state index in [4.69, 9.17) is 11.6 Å². The number of rotatable bonds is 2. The molecule has 1 rings (SSSR count). The van der Waals surface area contributed by atoms with E-state index in [9.17, 15) is 0 Å². The predicted molar refractivity (Wildman–Crippen MR) is 72.3 cm³/mol. The number of halogens is 2. The van der Waals surface area contributed by atoms with Crippen molar-refractivity contribution in [2.45, 2.75) is 40.5 Å². The van der Waals surface area contributed by atoms with Crippen molar-refractivity contribution in [2.75, 3.05) is 0 Å². The Kier molecular flexibility index (Phi) is 4.35. The molecule has 0 aromatic carbocycles. The fraction of sp³-hybridized carbons (Fsp3) is 0.636. The molecule has 0 saturated carbocycles. The Labute approximate surface area is 110 Å². The molecule has 0 N–H and O–H groups in total. The Morgan fingerprint density at radius 1 is 1.27 bits per heavy atom. The van der Waals surface area contributed by atoms with E-state index < -0.39 is 0 Å². The molecule has 15 heavy (non-hydrogen) atoms. The molecule has 0 aliphatic rings. The molecule has 0 atom stereocenters. The first-order valence-electron chi connectivity index (χ1n) is 4.98. The Bertz CT molecular complexity index is 335. The first kappa shape index (κ1) is 13.2. The van der Waals surface area contributed by atoms with Gasteiger partial charge in [0.1, 0.15) is 11.0 Å². The summed E-state index contributed by atoms with van der Waals surface area (Å²) in [5, 5.41) is 0.576. The van der Waals surface area contributed by atoms with Gasteiger partial charge in [-0.1, -0.05) is 32.4 Å². The summed E-state index contributed by atoms with van der Waals surface area (Å²) in [6, 6.07) is 0. The van der Waals surface area contributed by atoms with Crippen LogP contribution in [0, 0.1) is 15.9 Å². The van der Waals surface area contributed by atoms with Gasteiger partial charge in [0.05, 0.1) is 9.26 Å². The summed E-state index contributed by atoms with van der Waals surface area (Å²) in [7, 11) is 0. The van der Waals surface area contributed by atoms with Crippen molar-refractivity contribution in [3.05, 3.63) is 20.2 Å². The minimum Gasteiger partial charge on any atom is -0.237 e. The first-order valence-corrected chi connectivity index (χ1v) is 6.44. The van der Waals surface area contributed by atoms with Crippen LogP contribution in [0.5, 0.6) is 0 Å². The number of hydrogen-bond donors (Lipinski definition) is 0. The van der Waals surface area contributed by atoms with Crippen LogP contribution in [0.15, 0.2) is 0 Å². The average molecular weight is 339 g/mol. The first-order chi connectivity index (χ1) is 6.79. The molecule has 0 aliphatic carbocycles. The van der Waals surface area contributed by atoms with Crippen molar-refractivity contribution in [3.8, 4) is 0 Å². The van der Waals surface area contributed by atoms with Crippen LogP contribution in [0.1, 0.15) is 38.7 Å². The third kappa shape index (κ3) is 4.23. The maximum absolute atomic E-state index is 6.01. The highest BCUT2D eigenvalue weighted by molar-refractivity contribution is 14.1. The molecule has 0 saturated heterocycles. The maximum atomic E-state index is 6.01. The predicted octanol–water partition coefficient (Wildman–Crippen LogP) is 4.02. The van der Waals surface area contributed by atoms with Gasteiger partial charge in [-0.25, -0.2) is 9.97 Å². The van der Waals surface area contributed by atoms with Crippen molar-refractivity contribution < 1.29 is 0 Å². The zero-order chi connectivity index (χ0) is 11.6. The zero-order valence-electron chi connectivity index (χ0n) is 9.56. The van der Waals surface area contributed by atoms with Gasteiger partial charge in [-0.15, -0.1) is 0 Å². The van der Waals surface area contributed by atoms with Gasteiger partial charge in [0.2, 0.25) is 0 Å². The largest absolute Gasteiger partial charge is 0.237 e. The number of hydrogen-bond acceptors (Lipinski definition) is 2. The van der Waals surface area contributed by atoms with Crippen molar-refractivity contribution in [1.29, 1.82) is 0 Å². The summed E-state index contributed by atoms with van der Waals surface area (Å²) >= 11 is 8.18. The van der Waals surface area contributed by atoms with Gasteiger partial charge in [-0.2, -0.15) is 0 Å². The molecular weight excluding hydrogens is 322 g/mol. The van der Waals surface area contributed by atoms with Gasteiger partial charge in [0, 0.05) is 6.42 Å². The lowest BCUT2D eigenvalue weighted by Gasteiger charge is -2.17. The van der Waals surface area contributed by atoms with E-state index in [0.29, 0.717) is 10.6 Å². The molecule has 0 amide bonds. The van der Waals surface area contributed by atoms with Crippen LogP contribution < -0.4 is 0 Å². The monoisotopic (exact) mass is 338 g/mol. The van der Waals surface area contributed by atoms with E-state index in [1.807, 2.05) is 6.92 Å². The third-order valence-corrected chi connectivity index (χ3v) is 4.01. The molecule has 84 valence electrons. The van der Waals surface area contributed by atoms with Crippen LogP contribution in [-0.4, -0.2) is 9.97 Å². The molecular formula is C11H16ClIN2. The second-order valence-electron chi connectivity index (χ2n) is 4.89. The van der Waals surface area contributed by atoms with Crippen molar-refractivity contribution in [3.63, 3.8) is 0 Å². The topological polar surface area (TPSA) is 25.8 Å². The SMILES string of the molecule is Cc1nc(CCC(C)(C)C)nc(Cl)c1I. The highest BCUT2D eigenvalue weighted by Gasteiger charge is 2.13. The van der Waals surface area contributed by atoms with Gasteiger partial charge in [0.15, 0.2) is 0 Å². The number of nitrogens with zero attached hydrogens (tertiary/aromatic N) is 2. The fourth-order valence-electron chi connectivity index (χ4n) is 1.18. The lowest BCUT2D eigenvalue weighted by molar-refractivity contribution is 0.374. The lowest BCUT2D eigenvalue weighted by atomic mass is 9.90. The molecule has 0 unspecified atom stereocenters. The van der Waals surface area contributed by atoms with Gasteiger partial charge in [0.25, 0.3) is 0 Å². The fourth-order valence-corrected chi connectivity index (χ4v) is 1.65. The highest BCUT2D eigenvalue weighted by atomic mass is 127. The molecule has 0 bridgehead atoms. The second kappa shape index (κ2) is 4.95. The minimum absolute atomic E-state index is 0.312. The van der Waals surface area contributed by atoms with Crippen LogP contribution in [0.25, 0.3) is 0 Å². The third-order valence-electron chi connectivity index (χ3n) is 2.12. The smallest absolute Gasteiger partial charge is 0.146 e. The maximum Gasteiger partial charge on any atom is 0.146 e. The molecule has 0 fully saturated rings. The standard InChI is InChI=1S/C11H16ClIN2/c1-7-9(13)10(12)15-8(14-7)5-6-11(2,3)4/h5-6H2,1-4H3. The van der Waals surface area contributed by atoms with Crippen LogP contribution in [0.4, 0.5) is 0 Å². The Morgan fingerprint density at radius 2 is 1.87 bits per heavy atom. The van der Waals surface area contributed by atoms with Crippen LogP contribution in [-0.2, 0) is 6.42 Å². The molecule has 4 heteroatoms. The number of aryl methyl sites for hydroxylation is 2. The molecule has 0 aliphatic heterocycles. The van der Waals surface area contributed by atoms with Gasteiger partial charge >= 0.3 is 0 Å². The summed E-state index contributed by atoms with van der Waals surface area (Å²) in [5.74, 6) is 0.854. The van der Waals surface area contributed by atoms with E-state index in [1.165, 1.54) is 0 Å². The Hall–Kier alpha value is 0.100. The van der Waals surface area contributed by atoms with Crippen molar-refractivity contribution in [2.24, 2.45) is 5.41 Å². The molecule has 1 aromatic rings. The summed E-state index contributed by atoms with van der Waals surface area (Å²) in [5.41, 5.74) is 1.28. The second-order valence-corrected chi connectivity index (χ2v) is 6.33. The summed E-state index contributed by atoms with van der Waals surface area (Å²) < 4.78 is 0.953. The van der Waals surface area contributed by atoms with Crippen molar-refractivity contribution in [1.82, 2.24) is 9.97 Å². The van der Waals surface area contributed by atoms with Crippen LogP contribution in [0.2, 0.25) is 5.15 Å². The van der Waals surface area contributed by atoms with Crippen LogP contribution in [0.3, 0.4) is 0 Å². The van der Waals surface area contributed by atoms with Gasteiger partial charge in [-0.05, 0) is 41.4 Å². The molecule has 2 nitrogen and oxygen atoms in total. The lowest BCUT2D eigenvalue weighted by Crippen LogP contribution is -2.09. The quantitative estimate of drug-likeness (QED) is 0.601. The molecule has 1 aromatic heterocycles. The van der Waals surface area contributed by atoms with E-state index >= 15 is 0 Å². The van der Waals surface area contributed by atoms with E-state index in [0.717, 1.165) is 27.9 Å². The van der Waals surface area contributed by atoms with E-state index in [2.05, 4.69) is 53.3 Å². The zero-order valence-corrected chi connectivity index (χ0v) is 12.5. The molecule has 0 radical (unpaired) electrons. The normalized spacial score (nSPS) is 11.9. The van der Waals surface area contributed by atoms with E-state index in [-0.39, 0.29) is 0 Å². The van der Waals surface area contributed by atoms with Gasteiger partial charge < -0.3 is 0 Å². The van der Waals surface area contributed by atoms with Crippen molar-refractivity contribution >= 4 is 34.2 Å². The summed E-state index contributed by atoms with van der Waals surface area (Å²) in [6.45, 7) is 8.62. The van der Waals surface area contributed by atoms with Gasteiger partial charge in [-0.3, -0.25) is 0 Å². The molecule has 0 spiro atoms. The number of aromatic nitrogens is 2. The molecule has 1 heterocycles.